The Morgan fingerprint density at radius 1 is 1.13 bits per heavy atom. The lowest BCUT2D eigenvalue weighted by Crippen LogP contribution is -2.01. The third kappa shape index (κ3) is 4.56. The fourth-order valence-corrected chi connectivity index (χ4v) is 3.59. The Labute approximate surface area is 142 Å². The van der Waals surface area contributed by atoms with Crippen molar-refractivity contribution in [1.82, 2.24) is 15.2 Å². The van der Waals surface area contributed by atoms with Crippen LogP contribution >= 0.6 is 11.3 Å². The molecule has 0 spiro atoms. The number of hydrogen-bond donors (Lipinski definition) is 0. The van der Waals surface area contributed by atoms with Crippen LogP contribution in [0.15, 0.2) is 12.3 Å². The zero-order valence-corrected chi connectivity index (χ0v) is 15.5. The third-order valence-corrected chi connectivity index (χ3v) is 5.82. The van der Waals surface area contributed by atoms with Gasteiger partial charge in [-0.2, -0.15) is 14.6 Å². The minimum Gasteiger partial charge on any atom is -0.213 e. The SMILES string of the molecule is CCc1cc(C(C)CCC(C)c2nc(F)c(C(C)C)s2)cnn1. The molecule has 3 nitrogen and oxygen atoms in total. The lowest BCUT2D eigenvalue weighted by molar-refractivity contribution is 0.542. The molecule has 5 heteroatoms. The Kier molecular flexibility index (Phi) is 6.22. The maximum absolute atomic E-state index is 13.9. The van der Waals surface area contributed by atoms with Crippen LogP contribution in [0.5, 0.6) is 0 Å². The fourth-order valence-electron chi connectivity index (χ4n) is 2.56. The number of hydrogen-bond acceptors (Lipinski definition) is 4. The topological polar surface area (TPSA) is 38.7 Å². The molecule has 2 heterocycles. The number of nitrogens with zero attached hydrogens (tertiary/aromatic N) is 3. The zero-order chi connectivity index (χ0) is 17.0. The number of halogens is 1. The highest BCUT2D eigenvalue weighted by Gasteiger charge is 2.19. The van der Waals surface area contributed by atoms with Crippen molar-refractivity contribution in [2.45, 2.75) is 71.6 Å². The monoisotopic (exact) mass is 335 g/mol. The Morgan fingerprint density at radius 2 is 1.83 bits per heavy atom. The van der Waals surface area contributed by atoms with E-state index in [1.165, 1.54) is 16.9 Å². The zero-order valence-electron chi connectivity index (χ0n) is 14.6. The van der Waals surface area contributed by atoms with Crippen molar-refractivity contribution < 1.29 is 4.39 Å². The second-order valence-corrected chi connectivity index (χ2v) is 7.64. The van der Waals surface area contributed by atoms with Crippen molar-refractivity contribution in [3.63, 3.8) is 0 Å². The summed E-state index contributed by atoms with van der Waals surface area (Å²) in [7, 11) is 0. The van der Waals surface area contributed by atoms with E-state index in [0.717, 1.165) is 34.8 Å². The highest BCUT2D eigenvalue weighted by atomic mass is 32.1. The van der Waals surface area contributed by atoms with Crippen LogP contribution in [-0.2, 0) is 6.42 Å². The second kappa shape index (κ2) is 7.95. The molecule has 0 bridgehead atoms. The molecule has 0 aliphatic carbocycles. The van der Waals surface area contributed by atoms with Crippen LogP contribution < -0.4 is 0 Å². The van der Waals surface area contributed by atoms with Crippen LogP contribution in [0.2, 0.25) is 0 Å². The van der Waals surface area contributed by atoms with Gasteiger partial charge in [-0.1, -0.05) is 34.6 Å². The van der Waals surface area contributed by atoms with E-state index in [4.69, 9.17) is 0 Å². The molecule has 0 N–H and O–H groups in total. The molecule has 2 unspecified atom stereocenters. The molecule has 0 amide bonds. The average Bonchev–Trinajstić information content (AvgIpc) is 2.94. The average molecular weight is 335 g/mol. The van der Waals surface area contributed by atoms with Gasteiger partial charge in [0.05, 0.1) is 21.8 Å². The fraction of sp³-hybridized carbons (Fsp3) is 0.611. The van der Waals surface area contributed by atoms with Crippen molar-refractivity contribution in [2.24, 2.45) is 0 Å². The van der Waals surface area contributed by atoms with E-state index < -0.39 is 0 Å². The van der Waals surface area contributed by atoms with Gasteiger partial charge >= 0.3 is 0 Å². The van der Waals surface area contributed by atoms with Crippen molar-refractivity contribution in [2.75, 3.05) is 0 Å². The lowest BCUT2D eigenvalue weighted by atomic mass is 9.93. The first-order valence-corrected chi connectivity index (χ1v) is 9.21. The quantitative estimate of drug-likeness (QED) is 0.676. The maximum atomic E-state index is 13.9. The molecule has 2 aromatic rings. The Hall–Kier alpha value is -1.36. The van der Waals surface area contributed by atoms with Gasteiger partial charge in [0.15, 0.2) is 0 Å². The predicted molar refractivity (Wildman–Crippen MR) is 93.6 cm³/mol. The molecule has 0 aliphatic rings. The molecule has 2 rings (SSSR count). The highest BCUT2D eigenvalue weighted by molar-refractivity contribution is 7.11. The van der Waals surface area contributed by atoms with E-state index in [0.29, 0.717) is 5.92 Å². The molecule has 0 radical (unpaired) electrons. The van der Waals surface area contributed by atoms with Crippen molar-refractivity contribution >= 4 is 11.3 Å². The van der Waals surface area contributed by atoms with Gasteiger partial charge in [-0.3, -0.25) is 0 Å². The first-order chi connectivity index (χ1) is 10.9. The van der Waals surface area contributed by atoms with Gasteiger partial charge in [0.1, 0.15) is 0 Å². The molecular weight excluding hydrogens is 309 g/mol. The van der Waals surface area contributed by atoms with Gasteiger partial charge in [-0.05, 0) is 42.7 Å². The molecule has 126 valence electrons. The number of aryl methyl sites for hydroxylation is 1. The van der Waals surface area contributed by atoms with Gasteiger partial charge in [-0.15, -0.1) is 11.3 Å². The Morgan fingerprint density at radius 3 is 2.43 bits per heavy atom. The van der Waals surface area contributed by atoms with Crippen molar-refractivity contribution in [1.29, 1.82) is 0 Å². The van der Waals surface area contributed by atoms with Gasteiger partial charge in [-0.25, -0.2) is 4.98 Å². The molecule has 0 aliphatic heterocycles. The van der Waals surface area contributed by atoms with Crippen LogP contribution in [0.4, 0.5) is 4.39 Å². The van der Waals surface area contributed by atoms with E-state index in [2.05, 4.69) is 42.0 Å². The summed E-state index contributed by atoms with van der Waals surface area (Å²) in [6.07, 6.45) is 4.79. The number of aromatic nitrogens is 3. The first kappa shape index (κ1) is 18.0. The summed E-state index contributed by atoms with van der Waals surface area (Å²) in [5.74, 6) is 0.617. The van der Waals surface area contributed by atoms with Gasteiger partial charge in [0.2, 0.25) is 5.95 Å². The second-order valence-electron chi connectivity index (χ2n) is 6.58. The van der Waals surface area contributed by atoms with Crippen LogP contribution in [-0.4, -0.2) is 15.2 Å². The van der Waals surface area contributed by atoms with Crippen LogP contribution in [0, 0.1) is 5.95 Å². The van der Waals surface area contributed by atoms with Gasteiger partial charge in [0.25, 0.3) is 0 Å². The normalized spacial score (nSPS) is 14.2. The number of rotatable bonds is 7. The Balaban J connectivity index is 1.98. The van der Waals surface area contributed by atoms with E-state index in [1.54, 1.807) is 0 Å². The third-order valence-electron chi connectivity index (χ3n) is 4.26. The van der Waals surface area contributed by atoms with E-state index in [-0.39, 0.29) is 17.8 Å². The molecule has 23 heavy (non-hydrogen) atoms. The van der Waals surface area contributed by atoms with Crippen molar-refractivity contribution in [3.05, 3.63) is 39.4 Å². The molecule has 2 atom stereocenters. The molecule has 2 aromatic heterocycles. The molecule has 0 saturated carbocycles. The highest BCUT2D eigenvalue weighted by Crippen LogP contribution is 2.33. The largest absolute Gasteiger partial charge is 0.227 e. The summed E-state index contributed by atoms with van der Waals surface area (Å²) in [5, 5.41) is 9.12. The summed E-state index contributed by atoms with van der Waals surface area (Å²) < 4.78 is 13.9. The standard InChI is InChI=1S/C18H26FN3S/c1-6-15-9-14(10-20-22-15)12(4)7-8-13(5)18-21-17(19)16(23-18)11(2)3/h9-13H,6-8H2,1-5H3. The minimum atomic E-state index is -0.286. The summed E-state index contributed by atoms with van der Waals surface area (Å²) in [4.78, 5) is 4.91. The predicted octanol–water partition coefficient (Wildman–Crippen LogP) is 5.45. The van der Waals surface area contributed by atoms with Gasteiger partial charge < -0.3 is 0 Å². The lowest BCUT2D eigenvalue weighted by Gasteiger charge is -2.14. The summed E-state index contributed by atoms with van der Waals surface area (Å²) in [6, 6.07) is 2.14. The molecule has 0 aromatic carbocycles. The molecular formula is C18H26FN3S. The smallest absolute Gasteiger partial charge is 0.213 e. The Bertz CT molecular complexity index is 639. The summed E-state index contributed by atoms with van der Waals surface area (Å²) >= 11 is 1.52. The number of thiazole rings is 1. The van der Waals surface area contributed by atoms with E-state index in [9.17, 15) is 4.39 Å². The van der Waals surface area contributed by atoms with Crippen LogP contribution in [0.25, 0.3) is 0 Å². The summed E-state index contributed by atoms with van der Waals surface area (Å²) in [6.45, 7) is 10.5. The molecule has 0 saturated heterocycles. The van der Waals surface area contributed by atoms with E-state index in [1.807, 2.05) is 20.0 Å². The van der Waals surface area contributed by atoms with Gasteiger partial charge in [0, 0.05) is 5.92 Å². The summed E-state index contributed by atoms with van der Waals surface area (Å²) in [5.41, 5.74) is 2.27. The molecule has 0 fully saturated rings. The first-order valence-electron chi connectivity index (χ1n) is 8.39. The minimum absolute atomic E-state index is 0.197. The van der Waals surface area contributed by atoms with Crippen LogP contribution in [0.3, 0.4) is 0 Å². The van der Waals surface area contributed by atoms with E-state index >= 15 is 0 Å². The maximum Gasteiger partial charge on any atom is 0.227 e. The van der Waals surface area contributed by atoms with Crippen LogP contribution in [0.1, 0.15) is 86.4 Å². The van der Waals surface area contributed by atoms with Crippen molar-refractivity contribution in [3.8, 4) is 0 Å².